The van der Waals surface area contributed by atoms with Gasteiger partial charge in [0.15, 0.2) is 5.16 Å². The molecule has 0 spiro atoms. The van der Waals surface area contributed by atoms with Gasteiger partial charge in [-0.15, -0.1) is 10.2 Å². The van der Waals surface area contributed by atoms with Crippen molar-refractivity contribution in [3.63, 3.8) is 0 Å². The van der Waals surface area contributed by atoms with E-state index in [1.165, 1.54) is 11.8 Å². The first kappa shape index (κ1) is 18.3. The Bertz CT molecular complexity index is 956. The number of nitrogens with one attached hydrogen (secondary N) is 1. The zero-order chi connectivity index (χ0) is 18.8. The van der Waals surface area contributed by atoms with Crippen molar-refractivity contribution in [2.75, 3.05) is 5.32 Å². The first-order chi connectivity index (χ1) is 13.1. The highest BCUT2D eigenvalue weighted by Gasteiger charge is 2.31. The summed E-state index contributed by atoms with van der Waals surface area (Å²) < 4.78 is 3.02. The molecule has 0 radical (unpaired) electrons. The minimum Gasteiger partial charge on any atom is -0.325 e. The highest BCUT2D eigenvalue weighted by Crippen LogP contribution is 2.41. The molecule has 7 heteroatoms. The van der Waals surface area contributed by atoms with Crippen LogP contribution in [0.1, 0.15) is 31.5 Å². The number of carbonyl (C=O) groups is 1. The number of aromatic nitrogens is 3. The van der Waals surface area contributed by atoms with Crippen LogP contribution in [0.15, 0.2) is 64.2 Å². The second-order valence-electron chi connectivity index (χ2n) is 6.55. The fraction of sp³-hybridized carbons (Fsp3) is 0.250. The molecule has 27 heavy (non-hydrogen) atoms. The number of amides is 1. The summed E-state index contributed by atoms with van der Waals surface area (Å²) in [5.74, 6) is 1.40. The number of halogens is 1. The molecule has 1 fully saturated rings. The van der Waals surface area contributed by atoms with Crippen LogP contribution in [0.5, 0.6) is 0 Å². The molecule has 1 saturated carbocycles. The third-order valence-corrected chi connectivity index (χ3v) is 5.89. The van der Waals surface area contributed by atoms with Crippen LogP contribution in [-0.4, -0.2) is 25.9 Å². The topological polar surface area (TPSA) is 59.8 Å². The van der Waals surface area contributed by atoms with Crippen molar-refractivity contribution in [2.24, 2.45) is 0 Å². The van der Waals surface area contributed by atoms with Crippen molar-refractivity contribution >= 4 is 39.3 Å². The van der Waals surface area contributed by atoms with Crippen molar-refractivity contribution in [2.45, 2.75) is 36.1 Å². The molecule has 1 unspecified atom stereocenters. The fourth-order valence-corrected chi connectivity index (χ4v) is 4.08. The molecule has 0 aliphatic heterocycles. The van der Waals surface area contributed by atoms with Crippen LogP contribution in [0.2, 0.25) is 0 Å². The highest BCUT2D eigenvalue weighted by atomic mass is 79.9. The lowest BCUT2D eigenvalue weighted by Gasteiger charge is -2.14. The predicted octanol–water partition coefficient (Wildman–Crippen LogP) is 5.03. The zero-order valence-electron chi connectivity index (χ0n) is 14.8. The van der Waals surface area contributed by atoms with E-state index < -0.39 is 0 Å². The second kappa shape index (κ2) is 7.86. The maximum absolute atomic E-state index is 12.6. The van der Waals surface area contributed by atoms with E-state index in [0.29, 0.717) is 5.92 Å². The summed E-state index contributed by atoms with van der Waals surface area (Å²) in [6.45, 7) is 1.89. The van der Waals surface area contributed by atoms with E-state index in [-0.39, 0.29) is 11.2 Å². The lowest BCUT2D eigenvalue weighted by atomic mass is 10.3. The Hall–Kier alpha value is -2.12. The molecule has 138 valence electrons. The van der Waals surface area contributed by atoms with Crippen LogP contribution in [0.25, 0.3) is 5.69 Å². The van der Waals surface area contributed by atoms with E-state index in [4.69, 9.17) is 0 Å². The summed E-state index contributed by atoms with van der Waals surface area (Å²) in [6.07, 6.45) is 2.29. The van der Waals surface area contributed by atoms with Crippen LogP contribution >= 0.6 is 27.7 Å². The van der Waals surface area contributed by atoms with Gasteiger partial charge in [0.05, 0.1) is 5.25 Å². The summed E-state index contributed by atoms with van der Waals surface area (Å²) in [5.41, 5.74) is 1.80. The summed E-state index contributed by atoms with van der Waals surface area (Å²) >= 11 is 4.85. The fourth-order valence-electron chi connectivity index (χ4n) is 2.81. The average molecular weight is 443 g/mol. The van der Waals surface area contributed by atoms with Crippen molar-refractivity contribution < 1.29 is 4.79 Å². The third kappa shape index (κ3) is 4.25. The van der Waals surface area contributed by atoms with Gasteiger partial charge in [-0.25, -0.2) is 0 Å². The van der Waals surface area contributed by atoms with Gasteiger partial charge in [0.1, 0.15) is 5.82 Å². The smallest absolute Gasteiger partial charge is 0.237 e. The molecule has 1 N–H and O–H groups in total. The maximum Gasteiger partial charge on any atom is 0.237 e. The number of nitrogens with zero attached hydrogens (tertiary/aromatic N) is 3. The number of hydrogen-bond acceptors (Lipinski definition) is 4. The van der Waals surface area contributed by atoms with Gasteiger partial charge < -0.3 is 5.32 Å². The van der Waals surface area contributed by atoms with Gasteiger partial charge in [0, 0.05) is 21.8 Å². The number of carbonyl (C=O) groups excluding carboxylic acids is 1. The Morgan fingerprint density at radius 1 is 1.19 bits per heavy atom. The normalized spacial score (nSPS) is 14.7. The van der Waals surface area contributed by atoms with Crippen LogP contribution in [-0.2, 0) is 4.79 Å². The zero-order valence-corrected chi connectivity index (χ0v) is 17.2. The van der Waals surface area contributed by atoms with Crippen LogP contribution in [0.3, 0.4) is 0 Å². The minimum absolute atomic E-state index is 0.0614. The van der Waals surface area contributed by atoms with Crippen molar-refractivity contribution in [3.8, 4) is 5.69 Å². The van der Waals surface area contributed by atoms with Gasteiger partial charge in [0.2, 0.25) is 5.91 Å². The summed E-state index contributed by atoms with van der Waals surface area (Å²) in [6, 6.07) is 17.7. The number of hydrogen-bond donors (Lipinski definition) is 1. The molecule has 1 heterocycles. The molecule has 0 bridgehead atoms. The van der Waals surface area contributed by atoms with Crippen LogP contribution in [0.4, 0.5) is 5.69 Å². The van der Waals surface area contributed by atoms with Gasteiger partial charge in [-0.05, 0) is 50.1 Å². The van der Waals surface area contributed by atoms with Gasteiger partial charge in [-0.3, -0.25) is 9.36 Å². The van der Waals surface area contributed by atoms with Gasteiger partial charge in [-0.2, -0.15) is 0 Å². The van der Waals surface area contributed by atoms with Crippen molar-refractivity contribution in [3.05, 3.63) is 64.9 Å². The predicted molar refractivity (Wildman–Crippen MR) is 111 cm³/mol. The Morgan fingerprint density at radius 3 is 2.67 bits per heavy atom. The maximum atomic E-state index is 12.6. The van der Waals surface area contributed by atoms with Crippen molar-refractivity contribution in [1.82, 2.24) is 14.8 Å². The summed E-state index contributed by atoms with van der Waals surface area (Å²) in [7, 11) is 0. The Balaban J connectivity index is 1.54. The molecule has 1 amide bonds. The third-order valence-electron chi connectivity index (χ3n) is 4.36. The van der Waals surface area contributed by atoms with E-state index in [2.05, 4.69) is 36.0 Å². The first-order valence-electron chi connectivity index (χ1n) is 8.85. The quantitative estimate of drug-likeness (QED) is 0.543. The van der Waals surface area contributed by atoms with Gasteiger partial charge in [-0.1, -0.05) is 52.0 Å². The van der Waals surface area contributed by atoms with Gasteiger partial charge >= 0.3 is 0 Å². The molecular weight excluding hydrogens is 424 g/mol. The van der Waals surface area contributed by atoms with Crippen LogP contribution in [0, 0.1) is 0 Å². The largest absolute Gasteiger partial charge is 0.325 e. The van der Waals surface area contributed by atoms with Crippen LogP contribution < -0.4 is 5.32 Å². The number of rotatable bonds is 6. The van der Waals surface area contributed by atoms with E-state index in [1.54, 1.807) is 0 Å². The molecule has 1 aliphatic carbocycles. The molecule has 0 saturated heterocycles. The Labute approximate surface area is 170 Å². The molecule has 1 aromatic heterocycles. The van der Waals surface area contributed by atoms with E-state index in [1.807, 2.05) is 61.5 Å². The molecule has 1 aliphatic rings. The SMILES string of the molecule is CC(Sc1nnc(C2CC2)n1-c1ccccc1)C(=O)Nc1cccc(Br)c1. The highest BCUT2D eigenvalue weighted by molar-refractivity contribution is 9.10. The van der Waals surface area contributed by atoms with E-state index >= 15 is 0 Å². The first-order valence-corrected chi connectivity index (χ1v) is 10.5. The Kier molecular flexibility index (Phi) is 5.31. The molecule has 5 nitrogen and oxygen atoms in total. The van der Waals surface area contributed by atoms with E-state index in [9.17, 15) is 4.79 Å². The van der Waals surface area contributed by atoms with E-state index in [0.717, 1.165) is 39.7 Å². The van der Waals surface area contributed by atoms with Crippen molar-refractivity contribution in [1.29, 1.82) is 0 Å². The average Bonchev–Trinajstić information content (AvgIpc) is 3.43. The minimum atomic E-state index is -0.303. The lowest BCUT2D eigenvalue weighted by Crippen LogP contribution is -2.22. The molecule has 2 aromatic carbocycles. The summed E-state index contributed by atoms with van der Waals surface area (Å²) in [4.78, 5) is 12.6. The summed E-state index contributed by atoms with van der Waals surface area (Å²) in [5, 5.41) is 12.2. The Morgan fingerprint density at radius 2 is 1.96 bits per heavy atom. The molecule has 4 rings (SSSR count). The van der Waals surface area contributed by atoms with Gasteiger partial charge in [0.25, 0.3) is 0 Å². The number of benzene rings is 2. The number of anilines is 1. The second-order valence-corrected chi connectivity index (χ2v) is 8.77. The standard InChI is InChI=1S/C20H19BrN4OS/c1-13(19(26)22-16-7-5-6-15(21)12-16)27-20-24-23-18(14-10-11-14)25(20)17-8-3-2-4-9-17/h2-9,12-14H,10-11H2,1H3,(H,22,26). The molecular formula is C20H19BrN4OS. The number of thioether (sulfide) groups is 1. The number of para-hydroxylation sites is 1. The molecule has 1 atom stereocenters. The lowest BCUT2D eigenvalue weighted by molar-refractivity contribution is -0.115. The molecule has 3 aromatic rings. The monoisotopic (exact) mass is 442 g/mol.